The van der Waals surface area contributed by atoms with Gasteiger partial charge in [-0.2, -0.15) is 0 Å². The van der Waals surface area contributed by atoms with Crippen LogP contribution in [0.1, 0.15) is 40.0 Å². The Labute approximate surface area is 111 Å². The predicted molar refractivity (Wildman–Crippen MR) is 76.6 cm³/mol. The second-order valence-corrected chi connectivity index (χ2v) is 6.02. The summed E-state index contributed by atoms with van der Waals surface area (Å²) in [4.78, 5) is 0. The highest BCUT2D eigenvalue weighted by Gasteiger charge is 2.32. The number of benzene rings is 1. The molecule has 2 rings (SSSR count). The molecule has 0 amide bonds. The normalized spacial score (nSPS) is 28.3. The second-order valence-electron chi connectivity index (χ2n) is 6.02. The van der Waals surface area contributed by atoms with Gasteiger partial charge in [0, 0.05) is 0 Å². The maximum absolute atomic E-state index is 6.21. The fourth-order valence-corrected chi connectivity index (χ4v) is 3.00. The van der Waals surface area contributed by atoms with Crippen molar-refractivity contribution >= 4 is 5.69 Å². The molecular formula is C16H25NO. The number of ether oxygens (including phenoxy) is 1. The first kappa shape index (κ1) is 13.3. The van der Waals surface area contributed by atoms with Crippen LogP contribution in [0, 0.1) is 17.8 Å². The van der Waals surface area contributed by atoms with E-state index < -0.39 is 0 Å². The van der Waals surface area contributed by atoms with E-state index in [1.54, 1.807) is 0 Å². The lowest BCUT2D eigenvalue weighted by molar-refractivity contribution is 0.0466. The monoisotopic (exact) mass is 247 g/mol. The standard InChI is InChI=1S/C16H25NO/c1-11(2)13-9-8-12(3)10-16(13)18-15-7-5-4-6-14(15)17/h4-7,11-13,16H,8-10,17H2,1-3H3/t12-,13+,16-/m0/s1. The molecule has 3 atom stereocenters. The van der Waals surface area contributed by atoms with Gasteiger partial charge in [0.05, 0.1) is 5.69 Å². The summed E-state index contributed by atoms with van der Waals surface area (Å²) in [6, 6.07) is 7.83. The molecular weight excluding hydrogens is 222 g/mol. The van der Waals surface area contributed by atoms with Crippen molar-refractivity contribution in [3.05, 3.63) is 24.3 Å². The zero-order valence-electron chi connectivity index (χ0n) is 11.7. The van der Waals surface area contributed by atoms with Crippen LogP contribution >= 0.6 is 0 Å². The van der Waals surface area contributed by atoms with Gasteiger partial charge in [-0.25, -0.2) is 0 Å². The first-order valence-corrected chi connectivity index (χ1v) is 7.09. The molecule has 0 spiro atoms. The summed E-state index contributed by atoms with van der Waals surface area (Å²) < 4.78 is 6.21. The van der Waals surface area contributed by atoms with Gasteiger partial charge in [0.1, 0.15) is 11.9 Å². The molecule has 0 unspecified atom stereocenters. The first-order chi connectivity index (χ1) is 8.58. The van der Waals surface area contributed by atoms with Gasteiger partial charge < -0.3 is 10.5 Å². The molecule has 0 saturated heterocycles. The minimum absolute atomic E-state index is 0.318. The molecule has 0 radical (unpaired) electrons. The topological polar surface area (TPSA) is 35.2 Å². The quantitative estimate of drug-likeness (QED) is 0.816. The van der Waals surface area contributed by atoms with Crippen molar-refractivity contribution in [3.63, 3.8) is 0 Å². The zero-order chi connectivity index (χ0) is 13.1. The number of para-hydroxylation sites is 2. The Bertz CT molecular complexity index is 388. The third kappa shape index (κ3) is 2.98. The lowest BCUT2D eigenvalue weighted by Gasteiger charge is -2.37. The van der Waals surface area contributed by atoms with Gasteiger partial charge in [-0.3, -0.25) is 0 Å². The number of anilines is 1. The number of nitrogens with two attached hydrogens (primary N) is 1. The van der Waals surface area contributed by atoms with Gasteiger partial charge in [-0.05, 0) is 42.7 Å². The Kier molecular flexibility index (Phi) is 4.15. The number of hydrogen-bond acceptors (Lipinski definition) is 2. The Balaban J connectivity index is 2.11. The minimum Gasteiger partial charge on any atom is -0.488 e. The summed E-state index contributed by atoms with van der Waals surface area (Å²) in [6.45, 7) is 6.91. The van der Waals surface area contributed by atoms with E-state index in [1.165, 1.54) is 12.8 Å². The van der Waals surface area contributed by atoms with Gasteiger partial charge in [0.25, 0.3) is 0 Å². The molecule has 1 saturated carbocycles. The van der Waals surface area contributed by atoms with E-state index in [2.05, 4.69) is 20.8 Å². The van der Waals surface area contributed by atoms with Crippen molar-refractivity contribution in [1.29, 1.82) is 0 Å². The number of rotatable bonds is 3. The van der Waals surface area contributed by atoms with E-state index in [-0.39, 0.29) is 0 Å². The van der Waals surface area contributed by atoms with Crippen molar-refractivity contribution in [2.75, 3.05) is 5.73 Å². The van der Waals surface area contributed by atoms with Crippen LogP contribution in [0.15, 0.2) is 24.3 Å². The van der Waals surface area contributed by atoms with Crippen LogP contribution in [0.25, 0.3) is 0 Å². The van der Waals surface area contributed by atoms with E-state index in [1.807, 2.05) is 24.3 Å². The SMILES string of the molecule is CC(C)[C@H]1CC[C@H](C)C[C@@H]1Oc1ccccc1N. The highest BCUT2D eigenvalue weighted by atomic mass is 16.5. The van der Waals surface area contributed by atoms with Crippen LogP contribution in [0.5, 0.6) is 5.75 Å². The molecule has 18 heavy (non-hydrogen) atoms. The Morgan fingerprint density at radius 2 is 1.94 bits per heavy atom. The molecule has 0 aromatic heterocycles. The largest absolute Gasteiger partial charge is 0.488 e. The van der Waals surface area contributed by atoms with Crippen molar-refractivity contribution in [2.24, 2.45) is 17.8 Å². The van der Waals surface area contributed by atoms with E-state index >= 15 is 0 Å². The summed E-state index contributed by atoms with van der Waals surface area (Å²) >= 11 is 0. The molecule has 0 heterocycles. The summed E-state index contributed by atoms with van der Waals surface area (Å²) in [5.41, 5.74) is 6.72. The van der Waals surface area contributed by atoms with E-state index in [4.69, 9.17) is 10.5 Å². The van der Waals surface area contributed by atoms with Crippen LogP contribution in [-0.2, 0) is 0 Å². The maximum atomic E-state index is 6.21. The average Bonchev–Trinajstić information content (AvgIpc) is 2.32. The zero-order valence-corrected chi connectivity index (χ0v) is 11.7. The maximum Gasteiger partial charge on any atom is 0.142 e. The summed E-state index contributed by atoms with van der Waals surface area (Å²) in [5, 5.41) is 0. The van der Waals surface area contributed by atoms with Crippen LogP contribution in [0.3, 0.4) is 0 Å². The van der Waals surface area contributed by atoms with E-state index in [0.29, 0.717) is 17.9 Å². The second kappa shape index (κ2) is 5.64. The highest BCUT2D eigenvalue weighted by molar-refractivity contribution is 5.51. The molecule has 1 aliphatic rings. The Hall–Kier alpha value is -1.18. The molecule has 1 aromatic carbocycles. The van der Waals surface area contributed by atoms with E-state index in [9.17, 15) is 0 Å². The smallest absolute Gasteiger partial charge is 0.142 e. The summed E-state index contributed by atoms with van der Waals surface area (Å²) in [7, 11) is 0. The van der Waals surface area contributed by atoms with Crippen LogP contribution in [0.4, 0.5) is 5.69 Å². The number of nitrogen functional groups attached to an aromatic ring is 1. The van der Waals surface area contributed by atoms with Crippen molar-refractivity contribution < 1.29 is 4.74 Å². The fraction of sp³-hybridized carbons (Fsp3) is 0.625. The van der Waals surface area contributed by atoms with Gasteiger partial charge in [0.15, 0.2) is 0 Å². The molecule has 1 fully saturated rings. The molecule has 2 nitrogen and oxygen atoms in total. The highest BCUT2D eigenvalue weighted by Crippen LogP contribution is 2.36. The van der Waals surface area contributed by atoms with Gasteiger partial charge >= 0.3 is 0 Å². The van der Waals surface area contributed by atoms with Crippen LogP contribution in [0.2, 0.25) is 0 Å². The molecule has 100 valence electrons. The van der Waals surface area contributed by atoms with Gasteiger partial charge in [-0.15, -0.1) is 0 Å². The summed E-state index contributed by atoms with van der Waals surface area (Å²) in [5.74, 6) is 2.94. The lowest BCUT2D eigenvalue weighted by atomic mass is 9.75. The molecule has 0 bridgehead atoms. The summed E-state index contributed by atoms with van der Waals surface area (Å²) in [6.07, 6.45) is 4.07. The van der Waals surface area contributed by atoms with Crippen molar-refractivity contribution in [1.82, 2.24) is 0 Å². The predicted octanol–water partition coefficient (Wildman–Crippen LogP) is 4.11. The van der Waals surface area contributed by atoms with Gasteiger partial charge in [-0.1, -0.05) is 39.3 Å². The Morgan fingerprint density at radius 3 is 2.61 bits per heavy atom. The third-order valence-electron chi connectivity index (χ3n) is 4.16. The molecule has 0 aliphatic heterocycles. The third-order valence-corrected chi connectivity index (χ3v) is 4.16. The molecule has 1 aliphatic carbocycles. The lowest BCUT2D eigenvalue weighted by Crippen LogP contribution is -2.36. The first-order valence-electron chi connectivity index (χ1n) is 7.09. The minimum atomic E-state index is 0.318. The van der Waals surface area contributed by atoms with Crippen LogP contribution in [-0.4, -0.2) is 6.10 Å². The molecule has 2 heteroatoms. The van der Waals surface area contributed by atoms with E-state index in [0.717, 1.165) is 23.8 Å². The molecule has 1 aromatic rings. The van der Waals surface area contributed by atoms with Gasteiger partial charge in [0.2, 0.25) is 0 Å². The molecule has 2 N–H and O–H groups in total. The fourth-order valence-electron chi connectivity index (χ4n) is 3.00. The van der Waals surface area contributed by atoms with Crippen molar-refractivity contribution in [2.45, 2.75) is 46.1 Å². The Morgan fingerprint density at radius 1 is 1.22 bits per heavy atom. The number of hydrogen-bond donors (Lipinski definition) is 1. The van der Waals surface area contributed by atoms with Crippen molar-refractivity contribution in [3.8, 4) is 5.75 Å². The van der Waals surface area contributed by atoms with Crippen LogP contribution < -0.4 is 10.5 Å². The average molecular weight is 247 g/mol.